The monoisotopic (exact) mass is 309 g/mol. The van der Waals surface area contributed by atoms with Crippen LogP contribution in [0.25, 0.3) is 0 Å². The van der Waals surface area contributed by atoms with Gasteiger partial charge in [-0.3, -0.25) is 4.79 Å². The molecule has 0 aliphatic heterocycles. The molecule has 0 aliphatic carbocycles. The molecule has 21 heavy (non-hydrogen) atoms. The molecule has 118 valence electrons. The van der Waals surface area contributed by atoms with Crippen molar-refractivity contribution < 1.29 is 4.79 Å². The molecule has 1 rings (SSSR count). The van der Waals surface area contributed by atoms with E-state index in [2.05, 4.69) is 43.3 Å². The lowest BCUT2D eigenvalue weighted by Gasteiger charge is -2.20. The number of carbonyl (C=O) groups excluding carboxylic acids is 1. The summed E-state index contributed by atoms with van der Waals surface area (Å²) in [6, 6.07) is 3.84. The van der Waals surface area contributed by atoms with E-state index in [0.29, 0.717) is 5.56 Å². The van der Waals surface area contributed by atoms with Gasteiger partial charge >= 0.3 is 0 Å². The molecule has 0 radical (unpaired) electrons. The van der Waals surface area contributed by atoms with E-state index in [1.807, 2.05) is 31.8 Å². The highest BCUT2D eigenvalue weighted by Crippen LogP contribution is 2.23. The van der Waals surface area contributed by atoms with Crippen molar-refractivity contribution >= 4 is 23.5 Å². The molecule has 1 aromatic rings. The van der Waals surface area contributed by atoms with Gasteiger partial charge in [-0.15, -0.1) is 0 Å². The van der Waals surface area contributed by atoms with E-state index in [0.717, 1.165) is 23.0 Å². The highest BCUT2D eigenvalue weighted by Gasteiger charge is 2.19. The van der Waals surface area contributed by atoms with Gasteiger partial charge in [0.1, 0.15) is 5.82 Å². The largest absolute Gasteiger partial charge is 0.373 e. The number of pyridine rings is 1. The number of hydrogen-bond donors (Lipinski definition) is 2. The fourth-order valence-electron chi connectivity index (χ4n) is 1.82. The summed E-state index contributed by atoms with van der Waals surface area (Å²) in [6.45, 7) is 10.4. The fraction of sp³-hybridized carbons (Fsp3) is 0.625. The molecule has 0 saturated heterocycles. The normalized spacial score (nSPS) is 12.9. The second-order valence-corrected chi connectivity index (χ2v) is 7.48. The molecule has 1 aromatic heterocycles. The van der Waals surface area contributed by atoms with Crippen LogP contribution in [0.15, 0.2) is 12.1 Å². The second-order valence-electron chi connectivity index (χ2n) is 6.16. The van der Waals surface area contributed by atoms with Crippen LogP contribution in [0.5, 0.6) is 0 Å². The van der Waals surface area contributed by atoms with Crippen LogP contribution in [0.3, 0.4) is 0 Å². The second kappa shape index (κ2) is 7.69. The van der Waals surface area contributed by atoms with E-state index in [1.165, 1.54) is 0 Å². The Morgan fingerprint density at radius 3 is 2.57 bits per heavy atom. The summed E-state index contributed by atoms with van der Waals surface area (Å²) in [5.41, 5.74) is 1.48. The molecule has 0 fully saturated rings. The molecule has 0 aliphatic rings. The Morgan fingerprint density at radius 2 is 2.05 bits per heavy atom. The van der Waals surface area contributed by atoms with Crippen molar-refractivity contribution in [3.63, 3.8) is 0 Å². The fourth-order valence-corrected chi connectivity index (χ4v) is 2.49. The van der Waals surface area contributed by atoms with E-state index in [9.17, 15) is 4.79 Å². The Labute approximate surface area is 132 Å². The van der Waals surface area contributed by atoms with Gasteiger partial charge < -0.3 is 10.6 Å². The number of carbonyl (C=O) groups is 1. The molecular weight excluding hydrogens is 282 g/mol. The molecule has 1 heterocycles. The molecule has 2 N–H and O–H groups in total. The standard InChI is InChI=1S/C16H27N3OS/c1-7-21-10-11(2)18-15(20)12-8-13(16(3,4)5)19-14(9-12)17-6/h8-9,11H,7,10H2,1-6H3,(H,17,19)(H,18,20). The molecule has 1 atom stereocenters. The minimum Gasteiger partial charge on any atom is -0.373 e. The first-order valence-electron chi connectivity index (χ1n) is 7.36. The zero-order valence-corrected chi connectivity index (χ0v) is 14.7. The minimum absolute atomic E-state index is 0.0383. The summed E-state index contributed by atoms with van der Waals surface area (Å²) in [6.07, 6.45) is 0. The predicted octanol–water partition coefficient (Wildman–Crippen LogP) is 3.29. The van der Waals surface area contributed by atoms with Crippen molar-refractivity contribution in [1.29, 1.82) is 0 Å². The number of rotatable bonds is 6. The van der Waals surface area contributed by atoms with E-state index >= 15 is 0 Å². The first kappa shape index (κ1) is 17.8. The van der Waals surface area contributed by atoms with Gasteiger partial charge in [-0.1, -0.05) is 27.7 Å². The number of anilines is 1. The van der Waals surface area contributed by atoms with Gasteiger partial charge in [0.05, 0.1) is 0 Å². The zero-order valence-electron chi connectivity index (χ0n) is 13.9. The maximum absolute atomic E-state index is 12.4. The molecule has 0 bridgehead atoms. The van der Waals surface area contributed by atoms with Gasteiger partial charge in [0.15, 0.2) is 0 Å². The highest BCUT2D eigenvalue weighted by atomic mass is 32.2. The van der Waals surface area contributed by atoms with Gasteiger partial charge in [0.25, 0.3) is 5.91 Å². The molecule has 5 heteroatoms. The lowest BCUT2D eigenvalue weighted by atomic mass is 9.90. The van der Waals surface area contributed by atoms with Crippen molar-refractivity contribution in [3.8, 4) is 0 Å². The molecule has 0 aromatic carbocycles. The highest BCUT2D eigenvalue weighted by molar-refractivity contribution is 7.99. The maximum atomic E-state index is 12.4. The van der Waals surface area contributed by atoms with Crippen molar-refractivity contribution in [2.24, 2.45) is 0 Å². The average Bonchev–Trinajstić information content (AvgIpc) is 2.43. The maximum Gasteiger partial charge on any atom is 0.251 e. The van der Waals surface area contributed by atoms with Crippen LogP contribution in [0.1, 0.15) is 50.7 Å². The van der Waals surface area contributed by atoms with E-state index in [4.69, 9.17) is 0 Å². The molecule has 1 unspecified atom stereocenters. The Balaban J connectivity index is 2.93. The Kier molecular flexibility index (Phi) is 6.52. The summed E-state index contributed by atoms with van der Waals surface area (Å²) in [5, 5.41) is 6.07. The molecular formula is C16H27N3OS. The zero-order chi connectivity index (χ0) is 16.0. The Morgan fingerprint density at radius 1 is 1.38 bits per heavy atom. The number of hydrogen-bond acceptors (Lipinski definition) is 4. The number of nitrogens with zero attached hydrogens (tertiary/aromatic N) is 1. The molecule has 0 spiro atoms. The van der Waals surface area contributed by atoms with Crippen LogP contribution in [0.2, 0.25) is 0 Å². The van der Waals surface area contributed by atoms with E-state index in [-0.39, 0.29) is 17.4 Å². The third-order valence-corrected chi connectivity index (χ3v) is 4.21. The quantitative estimate of drug-likeness (QED) is 0.846. The van der Waals surface area contributed by atoms with Crippen LogP contribution in [-0.2, 0) is 5.41 Å². The Bertz CT molecular complexity index is 483. The summed E-state index contributed by atoms with van der Waals surface area (Å²) < 4.78 is 0. The van der Waals surface area contributed by atoms with Gasteiger partial charge in [-0.25, -0.2) is 4.98 Å². The summed E-state index contributed by atoms with van der Waals surface area (Å²) in [4.78, 5) is 16.9. The number of thioether (sulfide) groups is 1. The van der Waals surface area contributed by atoms with Crippen LogP contribution in [-0.4, -0.2) is 35.5 Å². The number of aromatic nitrogens is 1. The topological polar surface area (TPSA) is 54.0 Å². The minimum atomic E-state index is -0.0917. The SMILES string of the molecule is CCSCC(C)NC(=O)c1cc(NC)nc(C(C)(C)C)c1. The van der Waals surface area contributed by atoms with Crippen LogP contribution < -0.4 is 10.6 Å². The van der Waals surface area contributed by atoms with Crippen molar-refractivity contribution in [3.05, 3.63) is 23.4 Å². The molecule has 1 amide bonds. The summed E-state index contributed by atoms with van der Waals surface area (Å²) in [5.74, 6) is 2.68. The molecule has 0 saturated carbocycles. The Hall–Kier alpha value is -1.23. The number of amides is 1. The van der Waals surface area contributed by atoms with Crippen LogP contribution in [0.4, 0.5) is 5.82 Å². The first-order chi connectivity index (χ1) is 9.77. The lowest BCUT2D eigenvalue weighted by Crippen LogP contribution is -2.34. The van der Waals surface area contributed by atoms with E-state index < -0.39 is 0 Å². The van der Waals surface area contributed by atoms with Crippen molar-refractivity contribution in [2.45, 2.75) is 46.1 Å². The summed E-state index contributed by atoms with van der Waals surface area (Å²) >= 11 is 1.83. The first-order valence-corrected chi connectivity index (χ1v) is 8.52. The van der Waals surface area contributed by atoms with Gasteiger partial charge in [0.2, 0.25) is 0 Å². The predicted molar refractivity (Wildman–Crippen MR) is 92.4 cm³/mol. The third kappa shape index (κ3) is 5.58. The molecule has 4 nitrogen and oxygen atoms in total. The summed E-state index contributed by atoms with van der Waals surface area (Å²) in [7, 11) is 1.82. The average molecular weight is 309 g/mol. The third-order valence-electron chi connectivity index (χ3n) is 3.06. The van der Waals surface area contributed by atoms with Gasteiger partial charge in [-0.2, -0.15) is 11.8 Å². The van der Waals surface area contributed by atoms with E-state index in [1.54, 1.807) is 6.07 Å². The van der Waals surface area contributed by atoms with Crippen molar-refractivity contribution in [2.75, 3.05) is 23.9 Å². The van der Waals surface area contributed by atoms with Gasteiger partial charge in [0, 0.05) is 35.5 Å². The smallest absolute Gasteiger partial charge is 0.251 e. The number of nitrogens with one attached hydrogen (secondary N) is 2. The van der Waals surface area contributed by atoms with Crippen LogP contribution >= 0.6 is 11.8 Å². The lowest BCUT2D eigenvalue weighted by molar-refractivity contribution is 0.0943. The van der Waals surface area contributed by atoms with Gasteiger partial charge in [-0.05, 0) is 24.8 Å². The van der Waals surface area contributed by atoms with Crippen LogP contribution in [0, 0.1) is 0 Å². The van der Waals surface area contributed by atoms with Crippen molar-refractivity contribution in [1.82, 2.24) is 10.3 Å².